The van der Waals surface area contributed by atoms with Gasteiger partial charge in [0, 0.05) is 19.5 Å². The molecule has 82 heavy (non-hydrogen) atoms. The number of carboxylic acids is 2. The smallest absolute Gasteiger partial charge is 0.416 e. The van der Waals surface area contributed by atoms with E-state index < -0.39 is 46.6 Å². The fourth-order valence-corrected chi connectivity index (χ4v) is 11.2. The predicted molar refractivity (Wildman–Crippen MR) is 312 cm³/mol. The SMILES string of the molecule is CC(C)(Oc1ccc(CC[C@@H](OCc2ccccc2)c2ccc(-c3ccc(C(F)(F)F)cc3)s2)c(Cl)c1Cl)C(=O)O.CC(C)(Oc1ccc(CC[C@H](OCc2ccccc2)c2ccc(-c3ccc(C(F)(F)F)cc3)s2)c(Cl)c1Cl)C(=O)O. The highest BCUT2D eigenvalue weighted by atomic mass is 35.5. The van der Waals surface area contributed by atoms with E-state index in [9.17, 15) is 46.1 Å². The van der Waals surface area contributed by atoms with Crippen molar-refractivity contribution in [2.75, 3.05) is 0 Å². The first kappa shape index (κ1) is 63.5. The van der Waals surface area contributed by atoms with E-state index in [1.54, 1.807) is 24.3 Å². The van der Waals surface area contributed by atoms with Crippen LogP contribution in [0.4, 0.5) is 26.3 Å². The van der Waals surface area contributed by atoms with Crippen molar-refractivity contribution in [3.63, 3.8) is 0 Å². The Morgan fingerprint density at radius 3 is 1.12 bits per heavy atom. The average molecular weight is 1250 g/mol. The van der Waals surface area contributed by atoms with Crippen molar-refractivity contribution >= 4 is 81.0 Å². The molecule has 0 aliphatic carbocycles. The molecular formula is C62H54Cl4F6O8S2. The fourth-order valence-electron chi connectivity index (χ4n) is 8.06. The maximum Gasteiger partial charge on any atom is 0.416 e. The Kier molecular flexibility index (Phi) is 21.3. The van der Waals surface area contributed by atoms with E-state index in [2.05, 4.69) is 0 Å². The van der Waals surface area contributed by atoms with Crippen LogP contribution in [0.25, 0.3) is 20.9 Å². The Hall–Kier alpha value is -6.08. The third-order valence-corrected chi connectivity index (χ3v) is 17.1. The van der Waals surface area contributed by atoms with Crippen molar-refractivity contribution < 1.29 is 65.1 Å². The number of aliphatic carboxylic acids is 2. The normalized spacial score (nSPS) is 12.8. The highest BCUT2D eigenvalue weighted by Crippen LogP contribution is 2.43. The van der Waals surface area contributed by atoms with Gasteiger partial charge in [0.1, 0.15) is 21.5 Å². The van der Waals surface area contributed by atoms with Gasteiger partial charge in [-0.1, -0.05) is 143 Å². The fraction of sp³-hybridized carbons (Fsp3) is 0.258. The van der Waals surface area contributed by atoms with Crippen LogP contribution >= 0.6 is 69.1 Å². The lowest BCUT2D eigenvalue weighted by molar-refractivity contribution is -0.152. The third kappa shape index (κ3) is 17.0. The molecule has 20 heteroatoms. The number of hydrogen-bond acceptors (Lipinski definition) is 8. The maximum atomic E-state index is 13.0. The third-order valence-electron chi connectivity index (χ3n) is 12.8. The summed E-state index contributed by atoms with van der Waals surface area (Å²) in [5, 5.41) is 19.5. The maximum absolute atomic E-state index is 13.0. The van der Waals surface area contributed by atoms with Crippen LogP contribution < -0.4 is 9.47 Å². The quantitative estimate of drug-likeness (QED) is 0.0646. The van der Waals surface area contributed by atoms with E-state index in [1.165, 1.54) is 74.6 Å². The molecule has 0 bridgehead atoms. The van der Waals surface area contributed by atoms with E-state index in [1.807, 2.05) is 84.9 Å². The molecule has 2 aromatic heterocycles. The van der Waals surface area contributed by atoms with Crippen molar-refractivity contribution in [2.45, 2.75) is 102 Å². The molecule has 2 heterocycles. The molecule has 0 saturated heterocycles. The first-order chi connectivity index (χ1) is 38.7. The Labute approximate surface area is 498 Å². The summed E-state index contributed by atoms with van der Waals surface area (Å²) in [4.78, 5) is 26.4. The largest absolute Gasteiger partial charge is 0.478 e. The summed E-state index contributed by atoms with van der Waals surface area (Å²) in [5.74, 6) is -1.94. The standard InChI is InChI=1S/2C31H27Cl2F3O4S/c2*1-30(2,29(37)38)40-24-15-11-21(27(32)28(24)33)10-14-23(39-18-19-6-4-3-5-7-19)26-17-16-25(41-26)20-8-12-22(13-9-20)31(34,35)36/h2*3-9,11-13,15-17,23H,10,14,18H2,1-2H3,(H,37,38)/t2*23-/m10/s1. The zero-order chi connectivity index (χ0) is 59.6. The summed E-state index contributed by atoms with van der Waals surface area (Å²) in [6, 6.07) is 43.9. The van der Waals surface area contributed by atoms with Gasteiger partial charge in [0.15, 0.2) is 11.2 Å². The molecule has 8 nitrogen and oxygen atoms in total. The van der Waals surface area contributed by atoms with Gasteiger partial charge in [-0.05, 0) is 147 Å². The highest BCUT2D eigenvalue weighted by Gasteiger charge is 2.34. The number of benzene rings is 6. The molecule has 2 atom stereocenters. The van der Waals surface area contributed by atoms with Gasteiger partial charge in [0.2, 0.25) is 0 Å². The molecule has 432 valence electrons. The molecule has 0 saturated carbocycles. The first-order valence-electron chi connectivity index (χ1n) is 25.3. The second kappa shape index (κ2) is 27.5. The number of alkyl halides is 6. The number of aryl methyl sites for hydroxylation is 2. The van der Waals surface area contributed by atoms with Gasteiger partial charge in [-0.2, -0.15) is 26.3 Å². The van der Waals surface area contributed by atoms with Crippen LogP contribution in [0.1, 0.15) is 95.9 Å². The first-order valence-corrected chi connectivity index (χ1v) is 28.5. The van der Waals surface area contributed by atoms with Gasteiger partial charge in [-0.25, -0.2) is 9.59 Å². The van der Waals surface area contributed by atoms with E-state index in [-0.39, 0.29) is 43.8 Å². The minimum absolute atomic E-state index is 0.126. The van der Waals surface area contributed by atoms with E-state index >= 15 is 0 Å². The van der Waals surface area contributed by atoms with E-state index in [0.29, 0.717) is 50.0 Å². The minimum atomic E-state index is -4.39. The van der Waals surface area contributed by atoms with Crippen molar-refractivity contribution in [3.05, 3.63) is 221 Å². The molecule has 0 aliphatic rings. The molecule has 0 radical (unpaired) electrons. The Balaban J connectivity index is 0.000000236. The molecule has 6 aromatic carbocycles. The van der Waals surface area contributed by atoms with Gasteiger partial charge in [-0.15, -0.1) is 22.7 Å². The van der Waals surface area contributed by atoms with E-state index in [4.69, 9.17) is 65.4 Å². The van der Waals surface area contributed by atoms with Gasteiger partial charge in [0.25, 0.3) is 0 Å². The Morgan fingerprint density at radius 2 is 0.805 bits per heavy atom. The molecule has 8 aromatic rings. The number of hydrogen-bond donors (Lipinski definition) is 2. The summed E-state index contributed by atoms with van der Waals surface area (Å²) in [6.45, 7) is 6.41. The highest BCUT2D eigenvalue weighted by molar-refractivity contribution is 7.15. The van der Waals surface area contributed by atoms with Gasteiger partial charge in [0.05, 0.1) is 46.6 Å². The summed E-state index contributed by atoms with van der Waals surface area (Å²) in [6.07, 6.45) is -7.39. The number of carbonyl (C=O) groups is 2. The zero-order valence-electron chi connectivity index (χ0n) is 44.3. The zero-order valence-corrected chi connectivity index (χ0v) is 49.0. The number of rotatable bonds is 22. The van der Waals surface area contributed by atoms with Crippen molar-refractivity contribution in [2.24, 2.45) is 0 Å². The molecular weight excluding hydrogens is 1190 g/mol. The van der Waals surface area contributed by atoms with Crippen LogP contribution in [0.15, 0.2) is 158 Å². The summed E-state index contributed by atoms with van der Waals surface area (Å²) < 4.78 is 102. The topological polar surface area (TPSA) is 112 Å². The molecule has 0 spiro atoms. The second-order valence-electron chi connectivity index (χ2n) is 19.7. The van der Waals surface area contributed by atoms with Gasteiger partial charge >= 0.3 is 24.3 Å². The minimum Gasteiger partial charge on any atom is -0.478 e. The Morgan fingerprint density at radius 1 is 0.463 bits per heavy atom. The van der Waals surface area contributed by atoms with Crippen LogP contribution in [0.2, 0.25) is 20.1 Å². The molecule has 2 N–H and O–H groups in total. The average Bonchev–Trinajstić information content (AvgIpc) is 4.22. The lowest BCUT2D eigenvalue weighted by Crippen LogP contribution is -2.38. The summed E-state index contributed by atoms with van der Waals surface area (Å²) >= 11 is 28.9. The summed E-state index contributed by atoms with van der Waals surface area (Å²) in [5.41, 5.74) is 0.484. The number of thiophene rings is 2. The van der Waals surface area contributed by atoms with Crippen molar-refractivity contribution in [1.82, 2.24) is 0 Å². The van der Waals surface area contributed by atoms with Crippen molar-refractivity contribution in [3.8, 4) is 32.4 Å². The Bertz CT molecular complexity index is 3200. The van der Waals surface area contributed by atoms with Crippen LogP contribution in [-0.4, -0.2) is 33.4 Å². The van der Waals surface area contributed by atoms with Crippen molar-refractivity contribution in [1.29, 1.82) is 0 Å². The lowest BCUT2D eigenvalue weighted by atomic mass is 10.0. The van der Waals surface area contributed by atoms with Crippen LogP contribution in [0.3, 0.4) is 0 Å². The van der Waals surface area contributed by atoms with E-state index in [0.717, 1.165) is 66.0 Å². The molecule has 8 rings (SSSR count). The number of carboxylic acid groups (broad SMARTS) is 2. The monoisotopic (exact) mass is 1240 g/mol. The number of halogens is 10. The van der Waals surface area contributed by atoms with Crippen LogP contribution in [0.5, 0.6) is 11.5 Å². The molecule has 0 unspecified atom stereocenters. The van der Waals surface area contributed by atoms with Crippen LogP contribution in [-0.2, 0) is 57.5 Å². The number of ether oxygens (including phenoxy) is 4. The molecule has 0 amide bonds. The van der Waals surface area contributed by atoms with Gasteiger partial charge in [-0.3, -0.25) is 0 Å². The van der Waals surface area contributed by atoms with Gasteiger partial charge < -0.3 is 29.2 Å². The predicted octanol–water partition coefficient (Wildman–Crippen LogP) is 19.7. The summed E-state index contributed by atoms with van der Waals surface area (Å²) in [7, 11) is 0. The lowest BCUT2D eigenvalue weighted by Gasteiger charge is -2.23. The second-order valence-corrected chi connectivity index (χ2v) is 23.5. The van der Waals surface area contributed by atoms with Crippen LogP contribution in [0, 0.1) is 0 Å². The molecule has 0 aliphatic heterocycles. The molecule has 0 fully saturated rings.